The molecule has 0 saturated carbocycles. The van der Waals surface area contributed by atoms with Crippen LogP contribution in [-0.4, -0.2) is 5.78 Å². The average molecular weight is 292 g/mol. The SMILES string of the molecule is CC[C@H](N)c1ccc(Cl)c(C(=O)c2ccccc2)c1F. The molecule has 1 atom stereocenters. The summed E-state index contributed by atoms with van der Waals surface area (Å²) in [6, 6.07) is 11.1. The van der Waals surface area contributed by atoms with Gasteiger partial charge in [0.15, 0.2) is 5.78 Å². The lowest BCUT2D eigenvalue weighted by Crippen LogP contribution is -2.14. The summed E-state index contributed by atoms with van der Waals surface area (Å²) in [6.07, 6.45) is 0.581. The van der Waals surface area contributed by atoms with Gasteiger partial charge in [-0.1, -0.05) is 54.9 Å². The van der Waals surface area contributed by atoms with Crippen LogP contribution >= 0.6 is 11.6 Å². The fourth-order valence-electron chi connectivity index (χ4n) is 2.02. The number of carbonyl (C=O) groups is 1. The van der Waals surface area contributed by atoms with E-state index in [1.54, 1.807) is 30.3 Å². The number of halogens is 2. The van der Waals surface area contributed by atoms with Crippen LogP contribution in [0.2, 0.25) is 5.02 Å². The second-order valence-electron chi connectivity index (χ2n) is 4.54. The molecule has 2 aromatic carbocycles. The molecule has 2 rings (SSSR count). The Kier molecular flexibility index (Phi) is 4.53. The van der Waals surface area contributed by atoms with Crippen molar-refractivity contribution in [1.82, 2.24) is 0 Å². The molecule has 0 fully saturated rings. The minimum Gasteiger partial charge on any atom is -0.324 e. The van der Waals surface area contributed by atoms with E-state index in [1.165, 1.54) is 12.1 Å². The van der Waals surface area contributed by atoms with Gasteiger partial charge in [-0.2, -0.15) is 0 Å². The highest BCUT2D eigenvalue weighted by Gasteiger charge is 2.22. The summed E-state index contributed by atoms with van der Waals surface area (Å²) < 4.78 is 14.5. The largest absolute Gasteiger partial charge is 0.324 e. The highest BCUT2D eigenvalue weighted by Crippen LogP contribution is 2.28. The number of hydrogen-bond donors (Lipinski definition) is 1. The van der Waals surface area contributed by atoms with Crippen LogP contribution in [0.25, 0.3) is 0 Å². The summed E-state index contributed by atoms with van der Waals surface area (Å²) in [5.74, 6) is -1.06. The van der Waals surface area contributed by atoms with Crippen molar-refractivity contribution in [3.8, 4) is 0 Å². The number of nitrogens with two attached hydrogens (primary N) is 1. The molecule has 0 aliphatic heterocycles. The Bertz CT molecular complexity index is 628. The van der Waals surface area contributed by atoms with Crippen LogP contribution in [0.4, 0.5) is 4.39 Å². The summed E-state index contributed by atoms with van der Waals surface area (Å²) >= 11 is 5.99. The molecule has 0 saturated heterocycles. The van der Waals surface area contributed by atoms with E-state index in [0.717, 1.165) is 0 Å². The summed E-state index contributed by atoms with van der Waals surface area (Å²) in [4.78, 5) is 12.4. The summed E-state index contributed by atoms with van der Waals surface area (Å²) in [5.41, 5.74) is 6.46. The quantitative estimate of drug-likeness (QED) is 0.861. The predicted octanol–water partition coefficient (Wildman–Crippen LogP) is 4.12. The van der Waals surface area contributed by atoms with Gasteiger partial charge in [0.2, 0.25) is 0 Å². The van der Waals surface area contributed by atoms with E-state index in [-0.39, 0.29) is 10.6 Å². The molecule has 0 aliphatic carbocycles. The molecule has 0 aromatic heterocycles. The Morgan fingerprint density at radius 1 is 1.25 bits per heavy atom. The van der Waals surface area contributed by atoms with Crippen molar-refractivity contribution in [2.45, 2.75) is 19.4 Å². The van der Waals surface area contributed by atoms with E-state index in [1.807, 2.05) is 6.92 Å². The van der Waals surface area contributed by atoms with Gasteiger partial charge in [-0.15, -0.1) is 0 Å². The molecule has 104 valence electrons. The van der Waals surface area contributed by atoms with Crippen molar-refractivity contribution >= 4 is 17.4 Å². The highest BCUT2D eigenvalue weighted by atomic mass is 35.5. The van der Waals surface area contributed by atoms with Crippen molar-refractivity contribution in [3.63, 3.8) is 0 Å². The fourth-order valence-corrected chi connectivity index (χ4v) is 2.25. The van der Waals surface area contributed by atoms with Gasteiger partial charge in [-0.05, 0) is 12.5 Å². The standard InChI is InChI=1S/C16H15ClFNO/c1-2-13(19)11-8-9-12(17)14(15(11)18)16(20)10-6-4-3-5-7-10/h3-9,13H,2,19H2,1H3/t13-/m0/s1. The second-order valence-corrected chi connectivity index (χ2v) is 4.94. The molecule has 0 heterocycles. The van der Waals surface area contributed by atoms with Crippen LogP contribution in [-0.2, 0) is 0 Å². The molecule has 0 spiro atoms. The van der Waals surface area contributed by atoms with E-state index < -0.39 is 17.6 Å². The number of carbonyl (C=O) groups excluding carboxylic acids is 1. The highest BCUT2D eigenvalue weighted by molar-refractivity contribution is 6.35. The van der Waals surface area contributed by atoms with Crippen LogP contribution in [0.1, 0.15) is 40.9 Å². The van der Waals surface area contributed by atoms with Crippen molar-refractivity contribution < 1.29 is 9.18 Å². The maximum atomic E-state index is 14.5. The van der Waals surface area contributed by atoms with Gasteiger partial charge < -0.3 is 5.73 Å². The maximum Gasteiger partial charge on any atom is 0.197 e. The van der Waals surface area contributed by atoms with E-state index >= 15 is 0 Å². The van der Waals surface area contributed by atoms with Crippen molar-refractivity contribution in [3.05, 3.63) is 70.0 Å². The second kappa shape index (κ2) is 6.16. The molecule has 0 aliphatic rings. The van der Waals surface area contributed by atoms with Crippen molar-refractivity contribution in [1.29, 1.82) is 0 Å². The zero-order valence-corrected chi connectivity index (χ0v) is 11.8. The molecule has 0 unspecified atom stereocenters. The first-order valence-electron chi connectivity index (χ1n) is 6.39. The molecule has 2 aromatic rings. The summed E-state index contributed by atoms with van der Waals surface area (Å²) in [5, 5.41) is 0.100. The van der Waals surface area contributed by atoms with Crippen LogP contribution in [0, 0.1) is 5.82 Å². The zero-order chi connectivity index (χ0) is 14.7. The Hall–Kier alpha value is -1.71. The first kappa shape index (κ1) is 14.7. The minimum atomic E-state index is -0.624. The van der Waals surface area contributed by atoms with E-state index in [4.69, 9.17) is 17.3 Å². The van der Waals surface area contributed by atoms with Gasteiger partial charge in [0, 0.05) is 17.2 Å². The van der Waals surface area contributed by atoms with Gasteiger partial charge >= 0.3 is 0 Å². The lowest BCUT2D eigenvalue weighted by atomic mass is 9.97. The van der Waals surface area contributed by atoms with Crippen LogP contribution in [0.3, 0.4) is 0 Å². The monoisotopic (exact) mass is 291 g/mol. The molecular weight excluding hydrogens is 277 g/mol. The van der Waals surface area contributed by atoms with Crippen LogP contribution in [0.15, 0.2) is 42.5 Å². The van der Waals surface area contributed by atoms with Crippen molar-refractivity contribution in [2.75, 3.05) is 0 Å². The maximum absolute atomic E-state index is 14.5. The summed E-state index contributed by atoms with van der Waals surface area (Å²) in [6.45, 7) is 1.86. The smallest absolute Gasteiger partial charge is 0.197 e. The average Bonchev–Trinajstić information content (AvgIpc) is 2.47. The lowest BCUT2D eigenvalue weighted by molar-refractivity contribution is 0.103. The normalized spacial score (nSPS) is 12.2. The molecule has 2 N–H and O–H groups in total. The molecule has 20 heavy (non-hydrogen) atoms. The lowest BCUT2D eigenvalue weighted by Gasteiger charge is -2.14. The van der Waals surface area contributed by atoms with Gasteiger partial charge in [0.05, 0.1) is 10.6 Å². The molecule has 4 heteroatoms. The number of ketones is 1. The Labute approximate surface area is 122 Å². The zero-order valence-electron chi connectivity index (χ0n) is 11.1. The van der Waals surface area contributed by atoms with Gasteiger partial charge in [-0.3, -0.25) is 4.79 Å². The van der Waals surface area contributed by atoms with Crippen molar-refractivity contribution in [2.24, 2.45) is 5.73 Å². The molecule has 0 amide bonds. The van der Waals surface area contributed by atoms with E-state index in [2.05, 4.69) is 0 Å². The van der Waals surface area contributed by atoms with E-state index in [0.29, 0.717) is 17.5 Å². The van der Waals surface area contributed by atoms with Gasteiger partial charge in [0.25, 0.3) is 0 Å². The first-order valence-corrected chi connectivity index (χ1v) is 6.77. The third kappa shape index (κ3) is 2.74. The molecular formula is C16H15ClFNO. The number of rotatable bonds is 4. The minimum absolute atomic E-state index is 0.100. The third-order valence-corrected chi connectivity index (χ3v) is 3.54. The number of benzene rings is 2. The summed E-state index contributed by atoms with van der Waals surface area (Å²) in [7, 11) is 0. The van der Waals surface area contributed by atoms with Gasteiger partial charge in [0.1, 0.15) is 5.82 Å². The first-order chi connectivity index (χ1) is 9.56. The van der Waals surface area contributed by atoms with Crippen LogP contribution < -0.4 is 5.73 Å². The van der Waals surface area contributed by atoms with E-state index in [9.17, 15) is 9.18 Å². The Morgan fingerprint density at radius 3 is 2.50 bits per heavy atom. The Balaban J connectivity index is 2.54. The fraction of sp³-hybridized carbons (Fsp3) is 0.188. The van der Waals surface area contributed by atoms with Crippen LogP contribution in [0.5, 0.6) is 0 Å². The molecule has 0 bridgehead atoms. The molecule has 0 radical (unpaired) electrons. The van der Waals surface area contributed by atoms with Gasteiger partial charge in [-0.25, -0.2) is 4.39 Å². The predicted molar refractivity (Wildman–Crippen MR) is 78.5 cm³/mol. The Morgan fingerprint density at radius 2 is 1.90 bits per heavy atom. The molecule has 2 nitrogen and oxygen atoms in total. The third-order valence-electron chi connectivity index (χ3n) is 3.22. The number of hydrogen-bond acceptors (Lipinski definition) is 2. The topological polar surface area (TPSA) is 43.1 Å².